The normalized spacial score (nSPS) is 12.8. The quantitative estimate of drug-likeness (QED) is 0.277. The zero-order chi connectivity index (χ0) is 23.3. The van der Waals surface area contributed by atoms with E-state index in [0.717, 1.165) is 11.2 Å². The summed E-state index contributed by atoms with van der Waals surface area (Å²) in [7, 11) is 0. The lowest BCUT2D eigenvalue weighted by molar-refractivity contribution is 0.667. The first-order chi connectivity index (χ1) is 17.2. The number of rotatable bonds is 1. The number of furan rings is 1. The first kappa shape index (κ1) is 19.1. The molecule has 1 aliphatic heterocycles. The maximum absolute atomic E-state index is 6.64. The van der Waals surface area contributed by atoms with Crippen molar-refractivity contribution in [3.05, 3.63) is 108 Å². The molecule has 0 bridgehead atoms. The molecule has 8 rings (SSSR count). The van der Waals surface area contributed by atoms with Gasteiger partial charge in [0.15, 0.2) is 5.58 Å². The van der Waals surface area contributed by atoms with Crippen LogP contribution in [0.2, 0.25) is 0 Å². The number of aromatic nitrogens is 1. The van der Waals surface area contributed by atoms with E-state index >= 15 is 0 Å². The van der Waals surface area contributed by atoms with E-state index in [9.17, 15) is 0 Å². The van der Waals surface area contributed by atoms with Crippen LogP contribution in [0.1, 0.15) is 11.1 Å². The van der Waals surface area contributed by atoms with Gasteiger partial charge in [-0.05, 0) is 36.9 Å². The van der Waals surface area contributed by atoms with Gasteiger partial charge in [0.25, 0.3) is 0 Å². The summed E-state index contributed by atoms with van der Waals surface area (Å²) in [6, 6.07) is 35.2. The number of aryl methyl sites for hydroxylation is 2. The van der Waals surface area contributed by atoms with Gasteiger partial charge in [0.05, 0.1) is 11.2 Å². The summed E-state index contributed by atoms with van der Waals surface area (Å²) in [5, 5.41) is 4.92. The maximum atomic E-state index is 6.64. The number of hydrogen-bond acceptors (Lipinski definition) is 1. The van der Waals surface area contributed by atoms with E-state index in [4.69, 9.17) is 4.42 Å². The average molecular weight is 447 g/mol. The summed E-state index contributed by atoms with van der Waals surface area (Å²) >= 11 is 0. The molecule has 0 unspecified atom stereocenters. The lowest BCUT2D eigenvalue weighted by atomic mass is 9.34. The monoisotopic (exact) mass is 447 g/mol. The Morgan fingerprint density at radius 1 is 0.600 bits per heavy atom. The van der Waals surface area contributed by atoms with Gasteiger partial charge in [-0.1, -0.05) is 102 Å². The van der Waals surface area contributed by atoms with Crippen LogP contribution in [0.4, 0.5) is 0 Å². The van der Waals surface area contributed by atoms with E-state index in [1.54, 1.807) is 0 Å². The second kappa shape index (κ2) is 6.67. The van der Waals surface area contributed by atoms with Crippen molar-refractivity contribution in [1.82, 2.24) is 4.57 Å². The molecule has 3 heterocycles. The zero-order valence-corrected chi connectivity index (χ0v) is 19.7. The highest BCUT2D eigenvalue weighted by molar-refractivity contribution is 6.98. The Morgan fingerprint density at radius 3 is 2.17 bits per heavy atom. The fourth-order valence-electron chi connectivity index (χ4n) is 6.53. The molecule has 0 radical (unpaired) electrons. The topological polar surface area (TPSA) is 18.1 Å². The minimum atomic E-state index is 0.143. The summed E-state index contributed by atoms with van der Waals surface area (Å²) in [6.07, 6.45) is 0. The van der Waals surface area contributed by atoms with Crippen LogP contribution in [0.25, 0.3) is 49.4 Å². The molecule has 0 atom stereocenters. The van der Waals surface area contributed by atoms with E-state index in [1.807, 2.05) is 0 Å². The molecule has 0 fully saturated rings. The van der Waals surface area contributed by atoms with Crippen molar-refractivity contribution in [2.75, 3.05) is 0 Å². The molecule has 1 aliphatic rings. The minimum Gasteiger partial charge on any atom is -0.454 e. The fraction of sp³-hybridized carbons (Fsp3) is 0.0625. The summed E-state index contributed by atoms with van der Waals surface area (Å²) in [4.78, 5) is 0. The van der Waals surface area contributed by atoms with Gasteiger partial charge in [-0.2, -0.15) is 0 Å². The summed E-state index contributed by atoms with van der Waals surface area (Å²) in [5.74, 6) is 0. The Morgan fingerprint density at radius 2 is 1.31 bits per heavy atom. The Kier molecular flexibility index (Phi) is 3.64. The van der Waals surface area contributed by atoms with Gasteiger partial charge in [-0.15, -0.1) is 0 Å². The number of hydrogen-bond donors (Lipinski definition) is 0. The molecule has 0 aliphatic carbocycles. The third kappa shape index (κ3) is 2.35. The molecule has 0 amide bonds. The molecule has 7 aromatic rings. The second-order valence-electron chi connectivity index (χ2n) is 9.81. The number of benzene rings is 5. The van der Waals surface area contributed by atoms with E-state index in [2.05, 4.69) is 115 Å². The third-order valence-corrected chi connectivity index (χ3v) is 7.95. The predicted octanol–water partition coefficient (Wildman–Crippen LogP) is 6.13. The largest absolute Gasteiger partial charge is 0.454 e. The lowest BCUT2D eigenvalue weighted by Gasteiger charge is -2.29. The Balaban J connectivity index is 1.65. The number of para-hydroxylation sites is 3. The van der Waals surface area contributed by atoms with Crippen molar-refractivity contribution < 1.29 is 4.42 Å². The molecular formula is C32H22BNO. The SMILES string of the molecule is Cc1cccc(C)c1B1c2ccc3c(oc4ccccc43)c2-n2c3ccccc3c3cccc1c32. The lowest BCUT2D eigenvalue weighted by Crippen LogP contribution is -2.57. The van der Waals surface area contributed by atoms with Crippen LogP contribution in [0.3, 0.4) is 0 Å². The van der Waals surface area contributed by atoms with Crippen LogP contribution in [0.5, 0.6) is 0 Å². The molecule has 0 saturated heterocycles. The minimum absolute atomic E-state index is 0.143. The van der Waals surface area contributed by atoms with Gasteiger partial charge in [-0.25, -0.2) is 0 Å². The number of fused-ring (bicyclic) bond motifs is 9. The highest BCUT2D eigenvalue weighted by Crippen LogP contribution is 2.38. The predicted molar refractivity (Wildman–Crippen MR) is 149 cm³/mol. The summed E-state index contributed by atoms with van der Waals surface area (Å²) < 4.78 is 9.10. The van der Waals surface area contributed by atoms with Gasteiger partial charge < -0.3 is 8.98 Å². The standard InChI is InChI=1S/C32H22BNO/c1-19-9-7-10-20(2)29(19)33-25-14-8-13-23-21-11-3-5-15-27(21)34(30(23)25)31-26(33)18-17-24-22-12-4-6-16-28(22)35-32(24)31/h3-18H,1-2H3. The molecule has 2 nitrogen and oxygen atoms in total. The molecule has 164 valence electrons. The van der Waals surface area contributed by atoms with E-state index in [1.165, 1.54) is 65.8 Å². The molecule has 0 spiro atoms. The summed E-state index contributed by atoms with van der Waals surface area (Å²) in [5.41, 5.74) is 12.3. The van der Waals surface area contributed by atoms with Crippen molar-refractivity contribution >= 4 is 66.8 Å². The van der Waals surface area contributed by atoms with E-state index in [-0.39, 0.29) is 6.71 Å². The highest BCUT2D eigenvalue weighted by Gasteiger charge is 2.36. The second-order valence-corrected chi connectivity index (χ2v) is 9.81. The van der Waals surface area contributed by atoms with Crippen LogP contribution >= 0.6 is 0 Å². The van der Waals surface area contributed by atoms with Crippen LogP contribution in [0.15, 0.2) is 101 Å². The van der Waals surface area contributed by atoms with Gasteiger partial charge in [0.1, 0.15) is 5.58 Å². The van der Waals surface area contributed by atoms with Gasteiger partial charge in [0.2, 0.25) is 6.71 Å². The van der Waals surface area contributed by atoms with Crippen LogP contribution in [0, 0.1) is 13.8 Å². The molecule has 3 heteroatoms. The molecule has 0 N–H and O–H groups in total. The maximum Gasteiger partial charge on any atom is 0.247 e. The van der Waals surface area contributed by atoms with Gasteiger partial charge in [-0.3, -0.25) is 0 Å². The van der Waals surface area contributed by atoms with Crippen molar-refractivity contribution in [2.45, 2.75) is 13.8 Å². The van der Waals surface area contributed by atoms with Crippen molar-refractivity contribution in [3.8, 4) is 5.69 Å². The molecule has 2 aromatic heterocycles. The first-order valence-electron chi connectivity index (χ1n) is 12.2. The first-order valence-corrected chi connectivity index (χ1v) is 12.2. The smallest absolute Gasteiger partial charge is 0.247 e. The van der Waals surface area contributed by atoms with Crippen molar-refractivity contribution in [2.24, 2.45) is 0 Å². The molecule has 0 saturated carbocycles. The highest BCUT2D eigenvalue weighted by atomic mass is 16.3. The Bertz CT molecular complexity index is 1970. The van der Waals surface area contributed by atoms with Crippen LogP contribution in [-0.4, -0.2) is 11.3 Å². The Hall–Kier alpha value is -4.24. The van der Waals surface area contributed by atoms with Crippen LogP contribution < -0.4 is 16.4 Å². The van der Waals surface area contributed by atoms with Gasteiger partial charge >= 0.3 is 0 Å². The summed E-state index contributed by atoms with van der Waals surface area (Å²) in [6.45, 7) is 4.63. The van der Waals surface area contributed by atoms with E-state index < -0.39 is 0 Å². The van der Waals surface area contributed by atoms with Crippen molar-refractivity contribution in [3.63, 3.8) is 0 Å². The third-order valence-electron chi connectivity index (χ3n) is 7.95. The van der Waals surface area contributed by atoms with Crippen LogP contribution in [-0.2, 0) is 0 Å². The van der Waals surface area contributed by atoms with Crippen molar-refractivity contribution in [1.29, 1.82) is 0 Å². The number of nitrogens with zero attached hydrogens (tertiary/aromatic N) is 1. The zero-order valence-electron chi connectivity index (χ0n) is 19.7. The molecule has 5 aromatic carbocycles. The molecule has 35 heavy (non-hydrogen) atoms. The van der Waals surface area contributed by atoms with E-state index in [0.29, 0.717) is 0 Å². The van der Waals surface area contributed by atoms with Gasteiger partial charge in [0, 0.05) is 27.1 Å². The fourth-order valence-corrected chi connectivity index (χ4v) is 6.53. The Labute approximate surface area is 203 Å². The average Bonchev–Trinajstić information content (AvgIpc) is 3.43. The molecular weight excluding hydrogens is 425 g/mol.